The fourth-order valence-corrected chi connectivity index (χ4v) is 4.43. The van der Waals surface area contributed by atoms with Crippen LogP contribution in [0, 0.1) is 0 Å². The number of benzene rings is 2. The van der Waals surface area contributed by atoms with Gasteiger partial charge in [0.1, 0.15) is 10.8 Å². The van der Waals surface area contributed by atoms with Gasteiger partial charge in [0.05, 0.1) is 16.3 Å². The van der Waals surface area contributed by atoms with Crippen molar-refractivity contribution < 1.29 is 14.3 Å². The van der Waals surface area contributed by atoms with Crippen molar-refractivity contribution in [3.05, 3.63) is 59.1 Å². The van der Waals surface area contributed by atoms with E-state index in [9.17, 15) is 9.59 Å². The van der Waals surface area contributed by atoms with Crippen LogP contribution in [0.3, 0.4) is 0 Å². The number of amides is 2. The summed E-state index contributed by atoms with van der Waals surface area (Å²) in [4.78, 5) is 30.4. The monoisotopic (exact) mass is 381 g/mol. The number of likely N-dealkylation sites (tertiary alicyclic amines) is 1. The molecule has 0 spiro atoms. The van der Waals surface area contributed by atoms with Gasteiger partial charge in [-0.1, -0.05) is 12.1 Å². The zero-order chi connectivity index (χ0) is 18.8. The van der Waals surface area contributed by atoms with Crippen LogP contribution in [-0.4, -0.2) is 34.8 Å². The Bertz CT molecular complexity index is 951. The number of nitrogens with zero attached hydrogens (tertiary/aromatic N) is 2. The predicted molar refractivity (Wildman–Crippen MR) is 104 cm³/mol. The molecule has 1 aliphatic rings. The summed E-state index contributed by atoms with van der Waals surface area (Å²) in [6.07, 6.45) is 1.89. The fraction of sp³-hybridized carbons (Fsp3) is 0.250. The molecule has 138 valence electrons. The van der Waals surface area contributed by atoms with Gasteiger partial charge in [0.15, 0.2) is 6.61 Å². The topological polar surface area (TPSA) is 85.5 Å². The molecule has 2 N–H and O–H groups in total. The standard InChI is InChI=1S/C20H19N3O3S/c21-18(24)12-26-14-9-7-13(8-10-14)20(25)23-11-3-5-16(23)19-22-15-4-1-2-6-17(15)27-19/h1-2,4,6-10,16H,3,5,11-12H2,(H2,21,24)/t16-/m1/s1. The average Bonchev–Trinajstić information content (AvgIpc) is 3.32. The fourth-order valence-electron chi connectivity index (χ4n) is 3.31. The normalized spacial score (nSPS) is 16.6. The number of hydrogen-bond donors (Lipinski definition) is 1. The molecule has 0 saturated carbocycles. The minimum absolute atomic E-state index is 0.0145. The Labute approximate surface area is 160 Å². The van der Waals surface area contributed by atoms with Crippen molar-refractivity contribution in [1.82, 2.24) is 9.88 Å². The highest BCUT2D eigenvalue weighted by molar-refractivity contribution is 7.18. The molecular weight excluding hydrogens is 362 g/mol. The van der Waals surface area contributed by atoms with E-state index in [1.165, 1.54) is 0 Å². The van der Waals surface area contributed by atoms with E-state index in [-0.39, 0.29) is 18.6 Å². The third-order valence-electron chi connectivity index (χ3n) is 4.59. The number of primary amides is 1. The Balaban J connectivity index is 1.52. The van der Waals surface area contributed by atoms with Crippen LogP contribution in [0.1, 0.15) is 34.2 Å². The third kappa shape index (κ3) is 3.64. The number of aromatic nitrogens is 1. The van der Waals surface area contributed by atoms with E-state index in [1.807, 2.05) is 23.1 Å². The maximum absolute atomic E-state index is 13.0. The van der Waals surface area contributed by atoms with Crippen molar-refractivity contribution in [3.8, 4) is 5.75 Å². The highest BCUT2D eigenvalue weighted by Crippen LogP contribution is 2.37. The van der Waals surface area contributed by atoms with Crippen LogP contribution in [0.4, 0.5) is 0 Å². The van der Waals surface area contributed by atoms with Gasteiger partial charge >= 0.3 is 0 Å². The zero-order valence-electron chi connectivity index (χ0n) is 14.6. The molecular formula is C20H19N3O3S. The second kappa shape index (κ2) is 7.36. The van der Waals surface area contributed by atoms with E-state index in [2.05, 4.69) is 6.07 Å². The van der Waals surface area contributed by atoms with Crippen LogP contribution in [0.15, 0.2) is 48.5 Å². The Morgan fingerprint density at radius 2 is 1.96 bits per heavy atom. The van der Waals surface area contributed by atoms with E-state index in [1.54, 1.807) is 35.6 Å². The van der Waals surface area contributed by atoms with Gasteiger partial charge in [0.25, 0.3) is 11.8 Å². The van der Waals surface area contributed by atoms with Gasteiger partial charge in [-0.2, -0.15) is 0 Å². The van der Waals surface area contributed by atoms with Gasteiger partial charge in [0, 0.05) is 12.1 Å². The highest BCUT2D eigenvalue weighted by atomic mass is 32.1. The molecule has 0 bridgehead atoms. The molecule has 1 fully saturated rings. The largest absolute Gasteiger partial charge is 0.484 e. The van der Waals surface area contributed by atoms with E-state index in [4.69, 9.17) is 15.5 Å². The van der Waals surface area contributed by atoms with Crippen molar-refractivity contribution in [2.75, 3.05) is 13.2 Å². The summed E-state index contributed by atoms with van der Waals surface area (Å²) in [6, 6.07) is 14.8. The molecule has 1 aliphatic heterocycles. The number of thiazole rings is 1. The number of ether oxygens (including phenoxy) is 1. The van der Waals surface area contributed by atoms with E-state index >= 15 is 0 Å². The van der Waals surface area contributed by atoms with Crippen LogP contribution < -0.4 is 10.5 Å². The van der Waals surface area contributed by atoms with Crippen molar-refractivity contribution in [1.29, 1.82) is 0 Å². The molecule has 7 heteroatoms. The first kappa shape index (κ1) is 17.5. The van der Waals surface area contributed by atoms with Crippen LogP contribution in [0.5, 0.6) is 5.75 Å². The number of rotatable bonds is 5. The highest BCUT2D eigenvalue weighted by Gasteiger charge is 2.32. The molecule has 1 saturated heterocycles. The van der Waals surface area contributed by atoms with Gasteiger partial charge in [-0.25, -0.2) is 4.98 Å². The number of carbonyl (C=O) groups excluding carboxylic acids is 2. The van der Waals surface area contributed by atoms with Gasteiger partial charge in [-0.3, -0.25) is 9.59 Å². The van der Waals surface area contributed by atoms with E-state index in [0.717, 1.165) is 34.6 Å². The number of carbonyl (C=O) groups is 2. The summed E-state index contributed by atoms with van der Waals surface area (Å²) in [5.74, 6) is -0.0430. The van der Waals surface area contributed by atoms with Crippen LogP contribution >= 0.6 is 11.3 Å². The summed E-state index contributed by atoms with van der Waals surface area (Å²) >= 11 is 1.65. The maximum Gasteiger partial charge on any atom is 0.255 e. The smallest absolute Gasteiger partial charge is 0.255 e. The molecule has 0 aliphatic carbocycles. The molecule has 2 amide bonds. The lowest BCUT2D eigenvalue weighted by Crippen LogP contribution is -2.30. The summed E-state index contributed by atoms with van der Waals surface area (Å²) in [7, 11) is 0. The zero-order valence-corrected chi connectivity index (χ0v) is 15.4. The number of para-hydroxylation sites is 1. The number of fused-ring (bicyclic) bond motifs is 1. The molecule has 3 aromatic rings. The first-order chi connectivity index (χ1) is 13.1. The number of hydrogen-bond acceptors (Lipinski definition) is 5. The summed E-state index contributed by atoms with van der Waals surface area (Å²) < 4.78 is 6.39. The van der Waals surface area contributed by atoms with E-state index < -0.39 is 5.91 Å². The molecule has 0 unspecified atom stereocenters. The Hall–Kier alpha value is -2.93. The Morgan fingerprint density at radius 1 is 1.19 bits per heavy atom. The number of nitrogens with two attached hydrogens (primary N) is 1. The Morgan fingerprint density at radius 3 is 2.70 bits per heavy atom. The molecule has 1 aromatic heterocycles. The summed E-state index contributed by atoms with van der Waals surface area (Å²) in [5, 5.41) is 0.989. The molecule has 2 heterocycles. The lowest BCUT2D eigenvalue weighted by atomic mass is 10.1. The third-order valence-corrected chi connectivity index (χ3v) is 5.73. The van der Waals surface area contributed by atoms with Gasteiger partial charge in [0.2, 0.25) is 0 Å². The van der Waals surface area contributed by atoms with Crippen LogP contribution in [0.25, 0.3) is 10.2 Å². The quantitative estimate of drug-likeness (QED) is 0.736. The Kier molecular flexibility index (Phi) is 4.77. The first-order valence-corrected chi connectivity index (χ1v) is 9.61. The minimum Gasteiger partial charge on any atom is -0.484 e. The van der Waals surface area contributed by atoms with E-state index in [0.29, 0.717) is 11.3 Å². The molecule has 0 radical (unpaired) electrons. The second-order valence-corrected chi connectivity index (χ2v) is 7.52. The lowest BCUT2D eigenvalue weighted by Gasteiger charge is -2.23. The summed E-state index contributed by atoms with van der Waals surface area (Å²) in [6.45, 7) is 0.540. The van der Waals surface area contributed by atoms with Gasteiger partial charge < -0.3 is 15.4 Å². The summed E-state index contributed by atoms with van der Waals surface area (Å²) in [5.41, 5.74) is 6.64. The SMILES string of the molecule is NC(=O)COc1ccc(C(=O)N2CCC[C@@H]2c2nc3ccccc3s2)cc1. The molecule has 1 atom stereocenters. The first-order valence-electron chi connectivity index (χ1n) is 8.79. The molecule has 6 nitrogen and oxygen atoms in total. The second-order valence-electron chi connectivity index (χ2n) is 6.46. The molecule has 2 aromatic carbocycles. The predicted octanol–water partition coefficient (Wildman–Crippen LogP) is 3.14. The van der Waals surface area contributed by atoms with Crippen LogP contribution in [-0.2, 0) is 4.79 Å². The lowest BCUT2D eigenvalue weighted by molar-refractivity contribution is -0.119. The minimum atomic E-state index is -0.536. The van der Waals surface area contributed by atoms with Crippen LogP contribution in [0.2, 0.25) is 0 Å². The van der Waals surface area contributed by atoms with Crippen molar-refractivity contribution in [2.45, 2.75) is 18.9 Å². The maximum atomic E-state index is 13.0. The van der Waals surface area contributed by atoms with Gasteiger partial charge in [-0.05, 0) is 49.2 Å². The van der Waals surface area contributed by atoms with Crippen molar-refractivity contribution >= 4 is 33.4 Å². The molecule has 27 heavy (non-hydrogen) atoms. The van der Waals surface area contributed by atoms with Crippen molar-refractivity contribution in [3.63, 3.8) is 0 Å². The molecule has 4 rings (SSSR count). The average molecular weight is 381 g/mol. The van der Waals surface area contributed by atoms with Crippen molar-refractivity contribution in [2.24, 2.45) is 5.73 Å². The van der Waals surface area contributed by atoms with Gasteiger partial charge in [-0.15, -0.1) is 11.3 Å².